The Morgan fingerprint density at radius 1 is 1.50 bits per heavy atom. The number of hydrogen-bond acceptors (Lipinski definition) is 4. The van der Waals surface area contributed by atoms with Crippen molar-refractivity contribution < 1.29 is 4.74 Å². The SMILES string of the molecule is CCC(N)Cc1cnc(N2CCOCC2(C)C)c(C)c1. The van der Waals surface area contributed by atoms with Gasteiger partial charge in [0.2, 0.25) is 0 Å². The summed E-state index contributed by atoms with van der Waals surface area (Å²) in [4.78, 5) is 7.06. The van der Waals surface area contributed by atoms with Gasteiger partial charge in [-0.2, -0.15) is 0 Å². The van der Waals surface area contributed by atoms with Crippen LogP contribution < -0.4 is 10.6 Å². The highest BCUT2D eigenvalue weighted by Crippen LogP contribution is 2.28. The van der Waals surface area contributed by atoms with Crippen LogP contribution in [0.25, 0.3) is 0 Å². The van der Waals surface area contributed by atoms with Crippen LogP contribution in [0.1, 0.15) is 38.3 Å². The maximum atomic E-state index is 6.02. The summed E-state index contributed by atoms with van der Waals surface area (Å²) in [6.45, 7) is 11.1. The van der Waals surface area contributed by atoms with Crippen LogP contribution in [0, 0.1) is 6.92 Å². The Bertz CT molecular complexity index is 459. The topological polar surface area (TPSA) is 51.4 Å². The van der Waals surface area contributed by atoms with Gasteiger partial charge in [0.1, 0.15) is 5.82 Å². The van der Waals surface area contributed by atoms with E-state index >= 15 is 0 Å². The van der Waals surface area contributed by atoms with Gasteiger partial charge in [-0.05, 0) is 44.7 Å². The minimum absolute atomic E-state index is 0.00263. The van der Waals surface area contributed by atoms with E-state index in [1.807, 2.05) is 6.20 Å². The summed E-state index contributed by atoms with van der Waals surface area (Å²) in [5, 5.41) is 0. The van der Waals surface area contributed by atoms with Gasteiger partial charge in [0, 0.05) is 18.8 Å². The summed E-state index contributed by atoms with van der Waals surface area (Å²) in [7, 11) is 0. The quantitative estimate of drug-likeness (QED) is 0.917. The average molecular weight is 277 g/mol. The lowest BCUT2D eigenvalue weighted by Gasteiger charge is -2.43. The van der Waals surface area contributed by atoms with Crippen LogP contribution in [0.2, 0.25) is 0 Å². The molecule has 2 N–H and O–H groups in total. The van der Waals surface area contributed by atoms with Gasteiger partial charge in [0.15, 0.2) is 0 Å². The average Bonchev–Trinajstić information content (AvgIpc) is 2.39. The fourth-order valence-corrected chi connectivity index (χ4v) is 2.72. The molecule has 0 spiro atoms. The van der Waals surface area contributed by atoms with Crippen LogP contribution in [0.4, 0.5) is 5.82 Å². The van der Waals surface area contributed by atoms with Crippen molar-refractivity contribution >= 4 is 5.82 Å². The molecule has 0 saturated carbocycles. The summed E-state index contributed by atoms with van der Waals surface area (Å²) in [5.41, 5.74) is 8.47. The zero-order valence-corrected chi connectivity index (χ0v) is 13.1. The first kappa shape index (κ1) is 15.3. The fourth-order valence-electron chi connectivity index (χ4n) is 2.72. The third-order valence-corrected chi connectivity index (χ3v) is 4.03. The maximum absolute atomic E-state index is 6.02. The Morgan fingerprint density at radius 2 is 2.25 bits per heavy atom. The zero-order valence-electron chi connectivity index (χ0n) is 13.1. The van der Waals surface area contributed by atoms with Crippen molar-refractivity contribution in [1.82, 2.24) is 4.98 Å². The van der Waals surface area contributed by atoms with Gasteiger partial charge >= 0.3 is 0 Å². The normalized spacial score (nSPS) is 19.9. The summed E-state index contributed by atoms with van der Waals surface area (Å²) >= 11 is 0. The number of aromatic nitrogens is 1. The van der Waals surface area contributed by atoms with E-state index in [1.165, 1.54) is 11.1 Å². The van der Waals surface area contributed by atoms with Crippen LogP contribution in [0.5, 0.6) is 0 Å². The Labute approximate surface area is 122 Å². The molecule has 20 heavy (non-hydrogen) atoms. The number of nitrogens with zero attached hydrogens (tertiary/aromatic N) is 2. The van der Waals surface area contributed by atoms with Crippen molar-refractivity contribution in [2.75, 3.05) is 24.7 Å². The number of rotatable bonds is 4. The second kappa shape index (κ2) is 6.10. The number of pyridine rings is 1. The molecule has 1 aliphatic rings. The van der Waals surface area contributed by atoms with Crippen LogP contribution in [0.15, 0.2) is 12.3 Å². The number of anilines is 1. The second-order valence-electron chi connectivity index (χ2n) is 6.37. The highest BCUT2D eigenvalue weighted by molar-refractivity contribution is 5.50. The summed E-state index contributed by atoms with van der Waals surface area (Å²) in [5.74, 6) is 1.08. The smallest absolute Gasteiger partial charge is 0.132 e. The van der Waals surface area contributed by atoms with Crippen molar-refractivity contribution in [2.45, 2.75) is 52.1 Å². The van der Waals surface area contributed by atoms with E-state index in [-0.39, 0.29) is 11.6 Å². The number of hydrogen-bond donors (Lipinski definition) is 1. The lowest BCUT2D eigenvalue weighted by Crippen LogP contribution is -2.53. The fraction of sp³-hybridized carbons (Fsp3) is 0.688. The van der Waals surface area contributed by atoms with Crippen molar-refractivity contribution in [2.24, 2.45) is 5.73 Å². The monoisotopic (exact) mass is 277 g/mol. The Kier molecular flexibility index (Phi) is 4.66. The van der Waals surface area contributed by atoms with Gasteiger partial charge < -0.3 is 15.4 Å². The molecule has 1 unspecified atom stereocenters. The third-order valence-electron chi connectivity index (χ3n) is 4.03. The van der Waals surface area contributed by atoms with Gasteiger partial charge in [-0.1, -0.05) is 13.0 Å². The van der Waals surface area contributed by atoms with Crippen molar-refractivity contribution in [1.29, 1.82) is 0 Å². The molecule has 0 aliphatic carbocycles. The highest BCUT2D eigenvalue weighted by atomic mass is 16.5. The number of ether oxygens (including phenoxy) is 1. The van der Waals surface area contributed by atoms with Crippen LogP contribution in [-0.4, -0.2) is 36.3 Å². The van der Waals surface area contributed by atoms with Gasteiger partial charge in [-0.15, -0.1) is 0 Å². The molecule has 1 atom stereocenters. The molecule has 1 saturated heterocycles. The van der Waals surface area contributed by atoms with Gasteiger partial charge in [-0.3, -0.25) is 0 Å². The molecule has 1 aliphatic heterocycles. The van der Waals surface area contributed by atoms with E-state index in [9.17, 15) is 0 Å². The summed E-state index contributed by atoms with van der Waals surface area (Å²) < 4.78 is 5.58. The highest BCUT2D eigenvalue weighted by Gasteiger charge is 2.32. The molecule has 0 radical (unpaired) electrons. The minimum atomic E-state index is -0.00263. The molecule has 2 rings (SSSR count). The molecule has 1 aromatic rings. The van der Waals surface area contributed by atoms with Crippen LogP contribution in [0.3, 0.4) is 0 Å². The number of nitrogens with two attached hydrogens (primary N) is 1. The lowest BCUT2D eigenvalue weighted by molar-refractivity contribution is 0.0638. The maximum Gasteiger partial charge on any atom is 0.132 e. The van der Waals surface area contributed by atoms with Gasteiger partial charge in [0.25, 0.3) is 0 Å². The molecule has 2 heterocycles. The van der Waals surface area contributed by atoms with Crippen LogP contribution >= 0.6 is 0 Å². The first-order chi connectivity index (χ1) is 9.44. The molecule has 1 fully saturated rings. The Balaban J connectivity index is 2.21. The van der Waals surface area contributed by atoms with E-state index in [1.54, 1.807) is 0 Å². The first-order valence-corrected chi connectivity index (χ1v) is 7.50. The number of aryl methyl sites for hydroxylation is 1. The molecule has 0 bridgehead atoms. The molecular weight excluding hydrogens is 250 g/mol. The first-order valence-electron chi connectivity index (χ1n) is 7.50. The predicted molar refractivity (Wildman–Crippen MR) is 83.2 cm³/mol. The Hall–Kier alpha value is -1.13. The summed E-state index contributed by atoms with van der Waals surface area (Å²) in [6, 6.07) is 2.45. The molecule has 4 nitrogen and oxygen atoms in total. The number of morpholine rings is 1. The van der Waals surface area contributed by atoms with Crippen molar-refractivity contribution in [3.8, 4) is 0 Å². The zero-order chi connectivity index (χ0) is 14.8. The van der Waals surface area contributed by atoms with Gasteiger partial charge in [-0.25, -0.2) is 4.98 Å². The molecule has 0 amide bonds. The van der Waals surface area contributed by atoms with Crippen LogP contribution in [-0.2, 0) is 11.2 Å². The Morgan fingerprint density at radius 3 is 2.85 bits per heavy atom. The predicted octanol–water partition coefficient (Wildman–Crippen LogP) is 2.29. The lowest BCUT2D eigenvalue weighted by atomic mass is 10.0. The summed E-state index contributed by atoms with van der Waals surface area (Å²) in [6.07, 6.45) is 3.87. The molecule has 4 heteroatoms. The third kappa shape index (κ3) is 3.30. The van der Waals surface area contributed by atoms with Gasteiger partial charge in [0.05, 0.1) is 18.8 Å². The second-order valence-corrected chi connectivity index (χ2v) is 6.37. The molecule has 112 valence electrons. The van der Waals surface area contributed by atoms with Crippen molar-refractivity contribution in [3.05, 3.63) is 23.4 Å². The van der Waals surface area contributed by atoms with E-state index in [2.05, 4.69) is 38.7 Å². The van der Waals surface area contributed by atoms with E-state index < -0.39 is 0 Å². The van der Waals surface area contributed by atoms with E-state index in [0.717, 1.165) is 38.4 Å². The largest absolute Gasteiger partial charge is 0.377 e. The minimum Gasteiger partial charge on any atom is -0.377 e. The molecular formula is C16H27N3O. The molecule has 0 aromatic carbocycles. The van der Waals surface area contributed by atoms with E-state index in [4.69, 9.17) is 15.5 Å². The molecule has 1 aromatic heterocycles. The van der Waals surface area contributed by atoms with E-state index in [0.29, 0.717) is 0 Å². The van der Waals surface area contributed by atoms with Crippen molar-refractivity contribution in [3.63, 3.8) is 0 Å². The standard InChI is InChI=1S/C16H27N3O/c1-5-14(17)9-13-8-12(2)15(18-10-13)19-6-7-20-11-16(19,3)4/h8,10,14H,5-7,9,11,17H2,1-4H3.